The summed E-state index contributed by atoms with van der Waals surface area (Å²) in [5, 5.41) is 7.56. The van der Waals surface area contributed by atoms with E-state index in [-0.39, 0.29) is 0 Å². The fourth-order valence-electron chi connectivity index (χ4n) is 2.13. The first kappa shape index (κ1) is 14.6. The van der Waals surface area contributed by atoms with Gasteiger partial charge in [0.1, 0.15) is 10.7 Å². The molecule has 1 aromatic carbocycles. The van der Waals surface area contributed by atoms with Crippen molar-refractivity contribution < 1.29 is 0 Å². The Bertz CT molecular complexity index is 754. The molecule has 0 atom stereocenters. The second kappa shape index (κ2) is 6.64. The molecular formula is C16H16BrN3S. The minimum Gasteiger partial charge on any atom is -0.311 e. The summed E-state index contributed by atoms with van der Waals surface area (Å²) in [5.41, 5.74) is 2.99. The summed E-state index contributed by atoms with van der Waals surface area (Å²) in [6, 6.07) is 10.2. The van der Waals surface area contributed by atoms with Gasteiger partial charge >= 0.3 is 0 Å². The maximum atomic E-state index is 4.74. The van der Waals surface area contributed by atoms with E-state index in [4.69, 9.17) is 4.98 Å². The van der Waals surface area contributed by atoms with Crippen molar-refractivity contribution in [2.24, 2.45) is 0 Å². The second-order valence-corrected chi connectivity index (χ2v) is 6.54. The molecule has 0 unspecified atom stereocenters. The molecule has 3 nitrogen and oxygen atoms in total. The average molecular weight is 362 g/mol. The van der Waals surface area contributed by atoms with Crippen LogP contribution >= 0.6 is 27.3 Å². The van der Waals surface area contributed by atoms with Gasteiger partial charge in [0.15, 0.2) is 0 Å². The molecule has 21 heavy (non-hydrogen) atoms. The molecular weight excluding hydrogens is 346 g/mol. The molecule has 0 bridgehead atoms. The predicted octanol–water partition coefficient (Wildman–Crippen LogP) is 4.62. The summed E-state index contributed by atoms with van der Waals surface area (Å²) in [7, 11) is 0. The Hall–Kier alpha value is -1.30. The molecule has 0 aliphatic carbocycles. The lowest BCUT2D eigenvalue weighted by molar-refractivity contribution is 0.667. The van der Waals surface area contributed by atoms with Crippen LogP contribution in [-0.4, -0.2) is 16.5 Å². The van der Waals surface area contributed by atoms with Gasteiger partial charge in [-0.3, -0.25) is 0 Å². The molecule has 0 aliphatic rings. The van der Waals surface area contributed by atoms with Crippen molar-refractivity contribution >= 4 is 38.2 Å². The van der Waals surface area contributed by atoms with Crippen LogP contribution in [0.1, 0.15) is 19.0 Å². The highest BCUT2D eigenvalue weighted by Crippen LogP contribution is 2.31. The third-order valence-corrected chi connectivity index (χ3v) is 4.67. The number of hydrogen-bond donors (Lipinski definition) is 1. The molecule has 0 saturated heterocycles. The smallest absolute Gasteiger partial charge is 0.143 e. The Morgan fingerprint density at radius 1 is 1.24 bits per heavy atom. The van der Waals surface area contributed by atoms with Crippen LogP contribution in [0.4, 0.5) is 0 Å². The summed E-state index contributed by atoms with van der Waals surface area (Å²) in [4.78, 5) is 9.42. The first-order valence-electron chi connectivity index (χ1n) is 6.98. The molecule has 5 heteroatoms. The topological polar surface area (TPSA) is 37.8 Å². The lowest BCUT2D eigenvalue weighted by Crippen LogP contribution is -2.13. The zero-order chi connectivity index (χ0) is 14.7. The second-order valence-electron chi connectivity index (χ2n) is 4.83. The van der Waals surface area contributed by atoms with Crippen LogP contribution in [0.25, 0.3) is 21.6 Å². The Balaban J connectivity index is 1.91. The molecule has 0 radical (unpaired) electrons. The highest BCUT2D eigenvalue weighted by atomic mass is 79.9. The fourth-order valence-corrected chi connectivity index (χ4v) is 3.61. The van der Waals surface area contributed by atoms with E-state index in [1.165, 1.54) is 0 Å². The fraction of sp³-hybridized carbons (Fsp3) is 0.250. The molecule has 0 fully saturated rings. The minimum atomic E-state index is 0.815. The predicted molar refractivity (Wildman–Crippen MR) is 92.5 cm³/mol. The molecule has 0 amide bonds. The molecule has 0 aliphatic heterocycles. The van der Waals surface area contributed by atoms with Crippen molar-refractivity contribution in [3.8, 4) is 10.7 Å². The van der Waals surface area contributed by atoms with Crippen LogP contribution in [0.2, 0.25) is 0 Å². The highest BCUT2D eigenvalue weighted by Gasteiger charge is 2.11. The van der Waals surface area contributed by atoms with Gasteiger partial charge in [0, 0.05) is 21.8 Å². The van der Waals surface area contributed by atoms with Gasteiger partial charge in [-0.1, -0.05) is 25.1 Å². The Morgan fingerprint density at radius 3 is 2.95 bits per heavy atom. The summed E-state index contributed by atoms with van der Waals surface area (Å²) in [6.45, 7) is 4.00. The van der Waals surface area contributed by atoms with Crippen molar-refractivity contribution in [2.45, 2.75) is 19.9 Å². The number of benzene rings is 1. The van der Waals surface area contributed by atoms with E-state index in [1.54, 1.807) is 11.3 Å². The average Bonchev–Trinajstić information content (AvgIpc) is 2.95. The van der Waals surface area contributed by atoms with E-state index < -0.39 is 0 Å². The van der Waals surface area contributed by atoms with Crippen LogP contribution < -0.4 is 5.32 Å². The van der Waals surface area contributed by atoms with E-state index in [1.807, 2.05) is 18.2 Å². The van der Waals surface area contributed by atoms with Gasteiger partial charge in [0.05, 0.1) is 11.2 Å². The number of hydrogen-bond acceptors (Lipinski definition) is 4. The van der Waals surface area contributed by atoms with Crippen molar-refractivity contribution in [1.29, 1.82) is 0 Å². The van der Waals surface area contributed by atoms with E-state index in [9.17, 15) is 0 Å². The normalized spacial score (nSPS) is 11.1. The molecule has 2 aromatic heterocycles. The van der Waals surface area contributed by atoms with Crippen LogP contribution in [0.15, 0.2) is 40.2 Å². The number of nitrogens with one attached hydrogen (secondary N) is 1. The summed E-state index contributed by atoms with van der Waals surface area (Å²) >= 11 is 5.26. The molecule has 0 saturated carbocycles. The van der Waals surface area contributed by atoms with E-state index in [0.717, 1.165) is 51.3 Å². The number of nitrogens with zero attached hydrogens (tertiary/aromatic N) is 2. The third kappa shape index (κ3) is 3.31. The quantitative estimate of drug-likeness (QED) is 0.673. The van der Waals surface area contributed by atoms with E-state index >= 15 is 0 Å². The van der Waals surface area contributed by atoms with Crippen molar-refractivity contribution in [2.75, 3.05) is 6.54 Å². The monoisotopic (exact) mass is 361 g/mol. The van der Waals surface area contributed by atoms with Crippen molar-refractivity contribution in [3.63, 3.8) is 0 Å². The number of halogens is 1. The maximum Gasteiger partial charge on any atom is 0.143 e. The Morgan fingerprint density at radius 2 is 2.10 bits per heavy atom. The van der Waals surface area contributed by atoms with Crippen LogP contribution in [-0.2, 0) is 6.54 Å². The molecule has 3 rings (SSSR count). The number of fused-ring (bicyclic) bond motifs is 1. The zero-order valence-electron chi connectivity index (χ0n) is 11.8. The lowest BCUT2D eigenvalue weighted by atomic mass is 10.2. The van der Waals surface area contributed by atoms with Crippen molar-refractivity contribution in [1.82, 2.24) is 15.3 Å². The molecule has 1 N–H and O–H groups in total. The van der Waals surface area contributed by atoms with Crippen LogP contribution in [0.5, 0.6) is 0 Å². The number of aromatic nitrogens is 2. The minimum absolute atomic E-state index is 0.815. The zero-order valence-corrected chi connectivity index (χ0v) is 14.2. The molecule has 3 aromatic rings. The molecule has 0 spiro atoms. The maximum absolute atomic E-state index is 4.74. The van der Waals surface area contributed by atoms with Gasteiger partial charge < -0.3 is 5.32 Å². The summed E-state index contributed by atoms with van der Waals surface area (Å²) in [6.07, 6.45) is 1.13. The Labute approximate surface area is 136 Å². The third-order valence-electron chi connectivity index (χ3n) is 3.16. The first-order chi connectivity index (χ1) is 10.3. The van der Waals surface area contributed by atoms with E-state index in [2.05, 4.69) is 50.7 Å². The van der Waals surface area contributed by atoms with Crippen LogP contribution in [0, 0.1) is 0 Å². The standard InChI is InChI=1S/C16H16BrN3S/c1-2-7-18-9-12-10-21-16(19-12)15-13(17)8-11-5-3-4-6-14(11)20-15/h3-6,8,10,18H,2,7,9H2,1H3. The van der Waals surface area contributed by atoms with Gasteiger partial charge in [-0.25, -0.2) is 9.97 Å². The summed E-state index contributed by atoms with van der Waals surface area (Å²) in [5.74, 6) is 0. The van der Waals surface area contributed by atoms with Gasteiger partial charge in [0.25, 0.3) is 0 Å². The van der Waals surface area contributed by atoms with Gasteiger partial charge in [-0.15, -0.1) is 11.3 Å². The Kier molecular flexibility index (Phi) is 4.63. The number of rotatable bonds is 5. The number of para-hydroxylation sites is 1. The van der Waals surface area contributed by atoms with Crippen molar-refractivity contribution in [3.05, 3.63) is 45.9 Å². The molecule has 108 valence electrons. The lowest BCUT2D eigenvalue weighted by Gasteiger charge is -2.03. The van der Waals surface area contributed by atoms with Gasteiger partial charge in [0.2, 0.25) is 0 Å². The summed E-state index contributed by atoms with van der Waals surface area (Å²) < 4.78 is 0.989. The number of pyridine rings is 1. The largest absolute Gasteiger partial charge is 0.311 e. The highest BCUT2D eigenvalue weighted by molar-refractivity contribution is 9.10. The van der Waals surface area contributed by atoms with Gasteiger partial charge in [-0.05, 0) is 41.0 Å². The van der Waals surface area contributed by atoms with E-state index in [0.29, 0.717) is 0 Å². The number of thiazole rings is 1. The van der Waals surface area contributed by atoms with Crippen LogP contribution in [0.3, 0.4) is 0 Å². The van der Waals surface area contributed by atoms with Gasteiger partial charge in [-0.2, -0.15) is 0 Å². The first-order valence-corrected chi connectivity index (χ1v) is 8.66. The SMILES string of the molecule is CCCNCc1csc(-c2nc3ccccc3cc2Br)n1. The molecule has 2 heterocycles.